The van der Waals surface area contributed by atoms with Crippen molar-refractivity contribution in [3.8, 4) is 0 Å². The van der Waals surface area contributed by atoms with Crippen molar-refractivity contribution in [2.45, 2.75) is 65.4 Å². The van der Waals surface area contributed by atoms with Gasteiger partial charge in [0.1, 0.15) is 5.60 Å². The summed E-state index contributed by atoms with van der Waals surface area (Å²) < 4.78 is 5.29. The SMILES string of the molecule is C[C@@H](C(=O)OC(C)(C)C)C(CC1CCCC1)C(=O)O. The molecule has 0 saturated heterocycles. The molecule has 4 nitrogen and oxygen atoms in total. The Morgan fingerprint density at radius 3 is 2.21 bits per heavy atom. The number of aliphatic carboxylic acids is 1. The second-order valence-corrected chi connectivity index (χ2v) is 6.65. The minimum atomic E-state index is -0.884. The standard InChI is InChI=1S/C15H26O4/c1-10(14(18)19-15(2,3)4)12(13(16)17)9-11-7-5-6-8-11/h10-12H,5-9H2,1-4H3,(H,16,17)/t10-,12?/m1/s1. The number of rotatable bonds is 5. The molecule has 0 aromatic heterocycles. The molecule has 19 heavy (non-hydrogen) atoms. The van der Waals surface area contributed by atoms with E-state index >= 15 is 0 Å². The Morgan fingerprint density at radius 2 is 1.79 bits per heavy atom. The Kier molecular flexibility index (Phi) is 5.39. The fraction of sp³-hybridized carbons (Fsp3) is 0.867. The zero-order chi connectivity index (χ0) is 14.6. The van der Waals surface area contributed by atoms with Gasteiger partial charge in [-0.25, -0.2) is 0 Å². The van der Waals surface area contributed by atoms with Gasteiger partial charge in [0.05, 0.1) is 11.8 Å². The molecule has 0 amide bonds. The average Bonchev–Trinajstić information content (AvgIpc) is 2.74. The Labute approximate surface area is 115 Å². The zero-order valence-corrected chi connectivity index (χ0v) is 12.4. The molecule has 0 aromatic rings. The molecule has 2 atom stereocenters. The summed E-state index contributed by atoms with van der Waals surface area (Å²) >= 11 is 0. The van der Waals surface area contributed by atoms with E-state index in [4.69, 9.17) is 4.74 Å². The van der Waals surface area contributed by atoms with E-state index in [2.05, 4.69) is 0 Å². The van der Waals surface area contributed by atoms with E-state index in [1.54, 1.807) is 27.7 Å². The van der Waals surface area contributed by atoms with Gasteiger partial charge in [0.25, 0.3) is 0 Å². The fourth-order valence-corrected chi connectivity index (χ4v) is 2.68. The molecule has 1 rings (SSSR count). The van der Waals surface area contributed by atoms with Gasteiger partial charge in [0.2, 0.25) is 0 Å². The molecule has 0 aromatic carbocycles. The van der Waals surface area contributed by atoms with Crippen molar-refractivity contribution in [3.05, 3.63) is 0 Å². The van der Waals surface area contributed by atoms with Crippen LogP contribution in [0.25, 0.3) is 0 Å². The molecule has 0 spiro atoms. The summed E-state index contributed by atoms with van der Waals surface area (Å²) in [6.45, 7) is 7.06. The Morgan fingerprint density at radius 1 is 1.26 bits per heavy atom. The maximum atomic E-state index is 12.0. The van der Waals surface area contributed by atoms with Gasteiger partial charge in [-0.15, -0.1) is 0 Å². The lowest BCUT2D eigenvalue weighted by Crippen LogP contribution is -2.34. The lowest BCUT2D eigenvalue weighted by molar-refractivity contribution is -0.166. The number of carboxylic acids is 1. The summed E-state index contributed by atoms with van der Waals surface area (Å²) in [5, 5.41) is 9.34. The van der Waals surface area contributed by atoms with E-state index in [1.165, 1.54) is 12.8 Å². The van der Waals surface area contributed by atoms with E-state index in [0.717, 1.165) is 12.8 Å². The molecule has 4 heteroatoms. The first-order valence-electron chi connectivity index (χ1n) is 7.16. The molecule has 1 aliphatic carbocycles. The first-order chi connectivity index (χ1) is 8.70. The van der Waals surface area contributed by atoms with Gasteiger partial charge < -0.3 is 9.84 Å². The van der Waals surface area contributed by atoms with Crippen LogP contribution in [0.4, 0.5) is 0 Å². The quantitative estimate of drug-likeness (QED) is 0.779. The molecule has 0 radical (unpaired) electrons. The largest absolute Gasteiger partial charge is 0.481 e. The molecule has 0 bridgehead atoms. The molecule has 0 heterocycles. The van der Waals surface area contributed by atoms with Crippen LogP contribution >= 0.6 is 0 Å². The highest BCUT2D eigenvalue weighted by molar-refractivity contribution is 5.81. The third kappa shape index (κ3) is 5.21. The van der Waals surface area contributed by atoms with Gasteiger partial charge in [-0.1, -0.05) is 32.6 Å². The van der Waals surface area contributed by atoms with E-state index in [-0.39, 0.29) is 0 Å². The van der Waals surface area contributed by atoms with Gasteiger partial charge in [0.15, 0.2) is 0 Å². The van der Waals surface area contributed by atoms with Crippen molar-refractivity contribution in [1.82, 2.24) is 0 Å². The number of hydrogen-bond acceptors (Lipinski definition) is 3. The summed E-state index contributed by atoms with van der Waals surface area (Å²) in [4.78, 5) is 23.4. The highest BCUT2D eigenvalue weighted by Gasteiger charge is 2.35. The number of carboxylic acid groups (broad SMARTS) is 1. The van der Waals surface area contributed by atoms with Gasteiger partial charge in [-0.05, 0) is 33.1 Å². The van der Waals surface area contributed by atoms with Crippen LogP contribution in [0.1, 0.15) is 59.8 Å². The first-order valence-corrected chi connectivity index (χ1v) is 7.16. The number of carbonyl (C=O) groups is 2. The molecular formula is C15H26O4. The van der Waals surface area contributed by atoms with Crippen molar-refractivity contribution in [1.29, 1.82) is 0 Å². The van der Waals surface area contributed by atoms with Crippen molar-refractivity contribution >= 4 is 11.9 Å². The average molecular weight is 270 g/mol. The number of hydrogen-bond donors (Lipinski definition) is 1. The molecule has 0 aliphatic heterocycles. The van der Waals surface area contributed by atoms with Crippen LogP contribution in [0.2, 0.25) is 0 Å². The Bertz CT molecular complexity index is 324. The predicted octanol–water partition coefficient (Wildman–Crippen LogP) is 3.25. The minimum Gasteiger partial charge on any atom is -0.481 e. The summed E-state index contributed by atoms with van der Waals surface area (Å²) in [5.41, 5.74) is -0.568. The molecular weight excluding hydrogens is 244 g/mol. The van der Waals surface area contributed by atoms with Gasteiger partial charge in [-0.3, -0.25) is 9.59 Å². The number of carbonyl (C=O) groups excluding carboxylic acids is 1. The van der Waals surface area contributed by atoms with Crippen LogP contribution in [-0.4, -0.2) is 22.6 Å². The summed E-state index contributed by atoms with van der Waals surface area (Å²) in [6.07, 6.45) is 5.13. The monoisotopic (exact) mass is 270 g/mol. The van der Waals surface area contributed by atoms with Crippen LogP contribution in [0.15, 0.2) is 0 Å². The van der Waals surface area contributed by atoms with Gasteiger partial charge >= 0.3 is 11.9 Å². The lowest BCUT2D eigenvalue weighted by Gasteiger charge is -2.26. The van der Waals surface area contributed by atoms with Crippen molar-refractivity contribution < 1.29 is 19.4 Å². The Balaban J connectivity index is 2.64. The van der Waals surface area contributed by atoms with Crippen LogP contribution < -0.4 is 0 Å². The van der Waals surface area contributed by atoms with Crippen LogP contribution in [-0.2, 0) is 14.3 Å². The highest BCUT2D eigenvalue weighted by atomic mass is 16.6. The van der Waals surface area contributed by atoms with Crippen molar-refractivity contribution in [3.63, 3.8) is 0 Å². The third-order valence-electron chi connectivity index (χ3n) is 3.76. The van der Waals surface area contributed by atoms with Crippen LogP contribution in [0.3, 0.4) is 0 Å². The molecule has 1 N–H and O–H groups in total. The minimum absolute atomic E-state index is 0.405. The summed E-state index contributed by atoms with van der Waals surface area (Å²) in [7, 11) is 0. The molecule has 1 unspecified atom stereocenters. The van der Waals surface area contributed by atoms with Crippen molar-refractivity contribution in [2.24, 2.45) is 17.8 Å². The van der Waals surface area contributed by atoms with Crippen LogP contribution in [0.5, 0.6) is 0 Å². The van der Waals surface area contributed by atoms with Gasteiger partial charge in [-0.2, -0.15) is 0 Å². The zero-order valence-electron chi connectivity index (χ0n) is 12.4. The normalized spacial score (nSPS) is 20.0. The Hall–Kier alpha value is -1.06. The molecule has 110 valence electrons. The second kappa shape index (κ2) is 6.40. The maximum absolute atomic E-state index is 12.0. The first kappa shape index (κ1) is 16.0. The van der Waals surface area contributed by atoms with Crippen molar-refractivity contribution in [2.75, 3.05) is 0 Å². The van der Waals surface area contributed by atoms with Crippen LogP contribution in [0, 0.1) is 17.8 Å². The van der Waals surface area contributed by atoms with E-state index in [0.29, 0.717) is 12.3 Å². The fourth-order valence-electron chi connectivity index (χ4n) is 2.68. The predicted molar refractivity (Wildman–Crippen MR) is 72.7 cm³/mol. The van der Waals surface area contributed by atoms with E-state index in [9.17, 15) is 14.7 Å². The third-order valence-corrected chi connectivity index (χ3v) is 3.76. The number of esters is 1. The highest BCUT2D eigenvalue weighted by Crippen LogP contribution is 2.33. The molecule has 1 fully saturated rings. The summed E-state index contributed by atoms with van der Waals surface area (Å²) in [5.74, 6) is -2.05. The second-order valence-electron chi connectivity index (χ2n) is 6.65. The topological polar surface area (TPSA) is 63.6 Å². The van der Waals surface area contributed by atoms with E-state index < -0.39 is 29.4 Å². The number of ether oxygens (including phenoxy) is 1. The molecule has 1 saturated carbocycles. The van der Waals surface area contributed by atoms with E-state index in [1.807, 2.05) is 0 Å². The lowest BCUT2D eigenvalue weighted by atomic mass is 9.84. The smallest absolute Gasteiger partial charge is 0.310 e. The summed E-state index contributed by atoms with van der Waals surface area (Å²) in [6, 6.07) is 0. The maximum Gasteiger partial charge on any atom is 0.310 e. The van der Waals surface area contributed by atoms with Gasteiger partial charge in [0, 0.05) is 0 Å². The molecule has 1 aliphatic rings.